The van der Waals surface area contributed by atoms with E-state index >= 15 is 0 Å². The summed E-state index contributed by atoms with van der Waals surface area (Å²) in [5.41, 5.74) is 0.987. The largest absolute Gasteiger partial charge is 0.480 e. The van der Waals surface area contributed by atoms with Crippen molar-refractivity contribution in [1.29, 1.82) is 0 Å². The van der Waals surface area contributed by atoms with Crippen molar-refractivity contribution in [2.75, 3.05) is 24.6 Å². The lowest BCUT2D eigenvalue weighted by Crippen LogP contribution is -2.53. The predicted molar refractivity (Wildman–Crippen MR) is 104 cm³/mol. The van der Waals surface area contributed by atoms with Crippen molar-refractivity contribution in [3.63, 3.8) is 0 Å². The number of para-hydroxylation sites is 1. The Bertz CT molecular complexity index is 924. The fourth-order valence-corrected chi connectivity index (χ4v) is 4.06. The van der Waals surface area contributed by atoms with E-state index in [0.717, 1.165) is 15.3 Å². The van der Waals surface area contributed by atoms with Gasteiger partial charge in [-0.2, -0.15) is 0 Å². The van der Waals surface area contributed by atoms with Crippen LogP contribution in [0, 0.1) is 0 Å². The first-order valence-electron chi connectivity index (χ1n) is 7.96. The number of fused-ring (bicyclic) bond motifs is 1. The van der Waals surface area contributed by atoms with Crippen LogP contribution in [0.15, 0.2) is 42.5 Å². The number of esters is 1. The number of aromatic nitrogens is 1. The van der Waals surface area contributed by atoms with Crippen molar-refractivity contribution < 1.29 is 14.3 Å². The van der Waals surface area contributed by atoms with Gasteiger partial charge in [-0.1, -0.05) is 46.7 Å². The highest BCUT2D eigenvalue weighted by molar-refractivity contribution is 7.22. The molecule has 0 amide bonds. The molecule has 0 saturated carbocycles. The van der Waals surface area contributed by atoms with Crippen LogP contribution in [0.3, 0.4) is 0 Å². The number of rotatable bonds is 5. The highest BCUT2D eigenvalue weighted by atomic mass is 35.5. The van der Waals surface area contributed by atoms with E-state index in [9.17, 15) is 4.79 Å². The number of hydrogen-bond donors (Lipinski definition) is 0. The zero-order chi connectivity index (χ0) is 18.1. The summed E-state index contributed by atoms with van der Waals surface area (Å²) < 4.78 is 11.9. The SMILES string of the molecule is O=C(COc1ccc(Cl)cc1Cl)OC1CN(c2nc3ccccc3s2)C1. The van der Waals surface area contributed by atoms with Gasteiger partial charge < -0.3 is 14.4 Å². The molecule has 0 unspecified atom stereocenters. The Labute approximate surface area is 164 Å². The monoisotopic (exact) mass is 408 g/mol. The normalized spacial score (nSPS) is 14.3. The highest BCUT2D eigenvalue weighted by Gasteiger charge is 2.32. The van der Waals surface area contributed by atoms with E-state index in [1.165, 1.54) is 0 Å². The Balaban J connectivity index is 1.26. The van der Waals surface area contributed by atoms with Crippen molar-refractivity contribution >= 4 is 55.9 Å². The van der Waals surface area contributed by atoms with Crippen LogP contribution >= 0.6 is 34.5 Å². The van der Waals surface area contributed by atoms with Gasteiger partial charge in [-0.25, -0.2) is 9.78 Å². The zero-order valence-electron chi connectivity index (χ0n) is 13.5. The summed E-state index contributed by atoms with van der Waals surface area (Å²) in [6.07, 6.45) is -0.154. The average Bonchev–Trinajstić information content (AvgIpc) is 3.00. The van der Waals surface area contributed by atoms with Crippen molar-refractivity contribution in [3.05, 3.63) is 52.5 Å². The van der Waals surface area contributed by atoms with Crippen molar-refractivity contribution in [2.24, 2.45) is 0 Å². The predicted octanol–water partition coefficient (Wildman–Crippen LogP) is 4.41. The average molecular weight is 409 g/mol. The molecule has 1 aliphatic heterocycles. The molecule has 4 rings (SSSR count). The molecule has 134 valence electrons. The Morgan fingerprint density at radius 1 is 1.23 bits per heavy atom. The fourth-order valence-electron chi connectivity index (χ4n) is 2.61. The first kappa shape index (κ1) is 17.4. The molecule has 1 saturated heterocycles. The summed E-state index contributed by atoms with van der Waals surface area (Å²) in [4.78, 5) is 18.6. The number of halogens is 2. The van der Waals surface area contributed by atoms with Crippen molar-refractivity contribution in [1.82, 2.24) is 4.98 Å². The lowest BCUT2D eigenvalue weighted by Gasteiger charge is -2.38. The van der Waals surface area contributed by atoms with Crippen molar-refractivity contribution in [2.45, 2.75) is 6.10 Å². The lowest BCUT2D eigenvalue weighted by atomic mass is 10.2. The third-order valence-electron chi connectivity index (χ3n) is 3.94. The molecule has 1 fully saturated rings. The maximum absolute atomic E-state index is 11.9. The summed E-state index contributed by atoms with van der Waals surface area (Å²) >= 11 is 13.5. The standard InChI is InChI=1S/C18H14Cl2N2O3S/c19-11-5-6-15(13(20)7-11)24-10-17(23)25-12-8-22(9-12)18-21-14-3-1-2-4-16(14)26-18/h1-7,12H,8-10H2. The number of carbonyl (C=O) groups excluding carboxylic acids is 1. The van der Waals surface area contributed by atoms with Gasteiger partial charge in [0.2, 0.25) is 0 Å². The molecule has 0 radical (unpaired) electrons. The molecular formula is C18H14Cl2N2O3S. The number of benzene rings is 2. The van der Waals surface area contributed by atoms with E-state index in [0.29, 0.717) is 28.9 Å². The topological polar surface area (TPSA) is 51.7 Å². The van der Waals surface area contributed by atoms with E-state index in [1.807, 2.05) is 24.3 Å². The maximum Gasteiger partial charge on any atom is 0.344 e. The number of hydrogen-bond acceptors (Lipinski definition) is 6. The summed E-state index contributed by atoms with van der Waals surface area (Å²) in [5.74, 6) is -0.0253. The summed E-state index contributed by atoms with van der Waals surface area (Å²) in [6, 6.07) is 12.8. The third kappa shape index (κ3) is 3.72. The molecule has 0 atom stereocenters. The van der Waals surface area contributed by atoms with E-state index in [2.05, 4.69) is 9.88 Å². The van der Waals surface area contributed by atoms with Gasteiger partial charge in [0.25, 0.3) is 0 Å². The van der Waals surface area contributed by atoms with Gasteiger partial charge in [-0.05, 0) is 30.3 Å². The highest BCUT2D eigenvalue weighted by Crippen LogP contribution is 2.32. The number of thiazole rings is 1. The minimum atomic E-state index is -0.426. The lowest BCUT2D eigenvalue weighted by molar-refractivity contribution is -0.152. The minimum absolute atomic E-state index is 0.154. The number of nitrogens with zero attached hydrogens (tertiary/aromatic N) is 2. The minimum Gasteiger partial charge on any atom is -0.480 e. The smallest absolute Gasteiger partial charge is 0.344 e. The Kier molecular flexibility index (Phi) is 4.89. The quantitative estimate of drug-likeness (QED) is 0.585. The van der Waals surface area contributed by atoms with E-state index < -0.39 is 5.97 Å². The number of anilines is 1. The summed E-state index contributed by atoms with van der Waals surface area (Å²) in [6.45, 7) is 1.07. The number of carbonyl (C=O) groups is 1. The van der Waals surface area contributed by atoms with Crippen LogP contribution in [0.1, 0.15) is 0 Å². The van der Waals surface area contributed by atoms with Gasteiger partial charge in [0, 0.05) is 5.02 Å². The molecule has 0 spiro atoms. The molecular weight excluding hydrogens is 395 g/mol. The molecule has 0 aliphatic carbocycles. The second kappa shape index (κ2) is 7.31. The molecule has 1 aliphatic rings. The van der Waals surface area contributed by atoms with Crippen LogP contribution in [-0.2, 0) is 9.53 Å². The molecule has 2 heterocycles. The molecule has 2 aromatic carbocycles. The second-order valence-electron chi connectivity index (χ2n) is 5.84. The van der Waals surface area contributed by atoms with Gasteiger partial charge in [0.1, 0.15) is 11.9 Å². The van der Waals surface area contributed by atoms with Gasteiger partial charge in [-0.3, -0.25) is 0 Å². The van der Waals surface area contributed by atoms with E-state index in [4.69, 9.17) is 32.7 Å². The van der Waals surface area contributed by atoms with Crippen LogP contribution < -0.4 is 9.64 Å². The first-order chi connectivity index (χ1) is 12.6. The Morgan fingerprint density at radius 3 is 2.81 bits per heavy atom. The fraction of sp³-hybridized carbons (Fsp3) is 0.222. The third-order valence-corrected chi connectivity index (χ3v) is 5.57. The molecule has 0 bridgehead atoms. The van der Waals surface area contributed by atoms with E-state index in [-0.39, 0.29) is 12.7 Å². The van der Waals surface area contributed by atoms with Gasteiger partial charge in [0.15, 0.2) is 11.7 Å². The van der Waals surface area contributed by atoms with Crippen molar-refractivity contribution in [3.8, 4) is 5.75 Å². The summed E-state index contributed by atoms with van der Waals surface area (Å²) in [7, 11) is 0. The Morgan fingerprint density at radius 2 is 2.04 bits per heavy atom. The van der Waals surface area contributed by atoms with Crippen LogP contribution in [0.5, 0.6) is 5.75 Å². The first-order valence-corrected chi connectivity index (χ1v) is 9.53. The van der Waals surface area contributed by atoms with Gasteiger partial charge in [-0.15, -0.1) is 0 Å². The van der Waals surface area contributed by atoms with Crippen LogP contribution in [0.2, 0.25) is 10.0 Å². The van der Waals surface area contributed by atoms with Gasteiger partial charge >= 0.3 is 5.97 Å². The molecule has 5 nitrogen and oxygen atoms in total. The van der Waals surface area contributed by atoms with Crippen LogP contribution in [0.25, 0.3) is 10.2 Å². The molecule has 1 aromatic heterocycles. The molecule has 8 heteroatoms. The van der Waals surface area contributed by atoms with Crippen LogP contribution in [-0.4, -0.2) is 36.8 Å². The number of ether oxygens (including phenoxy) is 2. The maximum atomic E-state index is 11.9. The zero-order valence-corrected chi connectivity index (χ0v) is 15.9. The second-order valence-corrected chi connectivity index (χ2v) is 7.70. The molecule has 3 aromatic rings. The van der Waals surface area contributed by atoms with E-state index in [1.54, 1.807) is 29.5 Å². The van der Waals surface area contributed by atoms with Gasteiger partial charge in [0.05, 0.1) is 28.3 Å². The summed E-state index contributed by atoms with van der Waals surface area (Å²) in [5, 5.41) is 1.81. The molecule has 0 N–H and O–H groups in total. The van der Waals surface area contributed by atoms with Crippen LogP contribution in [0.4, 0.5) is 5.13 Å². The Hall–Kier alpha value is -2.02. The molecule has 26 heavy (non-hydrogen) atoms.